The van der Waals surface area contributed by atoms with Gasteiger partial charge in [0, 0.05) is 23.1 Å². The molecule has 224 valence electrons. The van der Waals surface area contributed by atoms with Crippen LogP contribution in [0.1, 0.15) is 66.7 Å². The van der Waals surface area contributed by atoms with E-state index in [1.807, 2.05) is 47.4 Å². The van der Waals surface area contributed by atoms with Gasteiger partial charge in [0.15, 0.2) is 17.3 Å². The standard InChI is InChI=1S/C18H20O3.C15H20S.CH3I.CH4O/c1-4-14-9-10-17(18(11-14)20-3)21-12-15-7-5-6-8-16(15)13(2)19;1-6-11(2)9-13(4)15-10-14(16-5)8-7-12(15)3;2*1-2/h5-11H,4,12H2,1-3H3;7-10H,2,6H2,1,3-5H3;1H3;2H,1H3/b;13-9-;;. The molecular weight excluding hydrogens is 643 g/mol. The zero-order chi connectivity index (χ0) is 31.4. The van der Waals surface area contributed by atoms with Crippen LogP contribution in [0.4, 0.5) is 0 Å². The van der Waals surface area contributed by atoms with E-state index in [9.17, 15) is 4.79 Å². The number of hydrogen-bond donors (Lipinski definition) is 1. The van der Waals surface area contributed by atoms with Crippen molar-refractivity contribution in [3.8, 4) is 11.5 Å². The molecule has 0 saturated carbocycles. The molecule has 0 bridgehead atoms. The van der Waals surface area contributed by atoms with E-state index in [1.165, 1.54) is 32.7 Å². The van der Waals surface area contributed by atoms with E-state index in [2.05, 4.69) is 87.4 Å². The summed E-state index contributed by atoms with van der Waals surface area (Å²) in [6, 6.07) is 20.0. The summed E-state index contributed by atoms with van der Waals surface area (Å²) in [5.74, 6) is 1.45. The van der Waals surface area contributed by atoms with Gasteiger partial charge in [0.2, 0.25) is 0 Å². The highest BCUT2D eigenvalue weighted by Crippen LogP contribution is 2.29. The van der Waals surface area contributed by atoms with Crippen LogP contribution in [-0.2, 0) is 13.0 Å². The van der Waals surface area contributed by atoms with E-state index in [-0.39, 0.29) is 5.78 Å². The molecule has 0 spiro atoms. The molecule has 1 N–H and O–H groups in total. The molecule has 41 heavy (non-hydrogen) atoms. The Labute approximate surface area is 266 Å². The SMILES string of the molecule is C=C(/C=C(/C)c1cc(SC)ccc1C)CC.CCc1ccc(OCc2ccccc2C(C)=O)c(OC)c1.CI.CO. The van der Waals surface area contributed by atoms with Crippen LogP contribution < -0.4 is 9.47 Å². The summed E-state index contributed by atoms with van der Waals surface area (Å²) in [6.45, 7) is 14.5. The predicted molar refractivity (Wildman–Crippen MR) is 187 cm³/mol. The first-order chi connectivity index (χ1) is 19.7. The Kier molecular flexibility index (Phi) is 20.7. The van der Waals surface area contributed by atoms with Crippen LogP contribution in [0.3, 0.4) is 0 Å². The van der Waals surface area contributed by atoms with E-state index in [0.29, 0.717) is 17.9 Å². The first kappa shape index (κ1) is 38.5. The summed E-state index contributed by atoms with van der Waals surface area (Å²) in [6.07, 6.45) is 6.26. The molecule has 0 fully saturated rings. The van der Waals surface area contributed by atoms with E-state index in [0.717, 1.165) is 31.3 Å². The second-order valence-electron chi connectivity index (χ2n) is 8.86. The Morgan fingerprint density at radius 3 is 2.20 bits per heavy atom. The topological polar surface area (TPSA) is 55.8 Å². The fraction of sp³-hybridized carbons (Fsp3) is 0.343. The molecule has 0 amide bonds. The second kappa shape index (κ2) is 22.1. The molecule has 0 saturated heterocycles. The van der Waals surface area contributed by atoms with Crippen molar-refractivity contribution in [2.45, 2.75) is 59.0 Å². The van der Waals surface area contributed by atoms with Crippen molar-refractivity contribution in [1.82, 2.24) is 0 Å². The third-order valence-corrected chi connectivity index (χ3v) is 6.89. The number of methoxy groups -OCH3 is 1. The van der Waals surface area contributed by atoms with Gasteiger partial charge in [0.25, 0.3) is 0 Å². The highest BCUT2D eigenvalue weighted by Gasteiger charge is 2.10. The highest BCUT2D eigenvalue weighted by molar-refractivity contribution is 14.1. The zero-order valence-electron chi connectivity index (χ0n) is 26.1. The minimum Gasteiger partial charge on any atom is -0.493 e. The van der Waals surface area contributed by atoms with E-state index in [1.54, 1.807) is 25.8 Å². The number of benzene rings is 3. The lowest BCUT2D eigenvalue weighted by Gasteiger charge is -2.13. The van der Waals surface area contributed by atoms with Crippen LogP contribution in [0.25, 0.3) is 5.57 Å². The molecule has 4 nitrogen and oxygen atoms in total. The van der Waals surface area contributed by atoms with Gasteiger partial charge in [-0.25, -0.2) is 0 Å². The summed E-state index contributed by atoms with van der Waals surface area (Å²) in [4.78, 5) is 14.9. The van der Waals surface area contributed by atoms with Crippen molar-refractivity contribution in [2.24, 2.45) is 0 Å². The second-order valence-corrected chi connectivity index (χ2v) is 9.74. The number of ketones is 1. The fourth-order valence-corrected chi connectivity index (χ4v) is 4.28. The number of aliphatic hydroxyl groups excluding tert-OH is 1. The summed E-state index contributed by atoms with van der Waals surface area (Å²) in [5, 5.41) is 7.00. The fourth-order valence-electron chi connectivity index (χ4n) is 3.84. The summed E-state index contributed by atoms with van der Waals surface area (Å²) in [5.41, 5.74) is 7.93. The normalized spacial score (nSPS) is 10.1. The van der Waals surface area contributed by atoms with Crippen molar-refractivity contribution < 1.29 is 19.4 Å². The Morgan fingerprint density at radius 2 is 1.63 bits per heavy atom. The number of thioether (sulfide) groups is 1. The van der Waals surface area contributed by atoms with Gasteiger partial charge in [-0.15, -0.1) is 11.8 Å². The van der Waals surface area contributed by atoms with Crippen molar-refractivity contribution in [3.63, 3.8) is 0 Å². The third-order valence-electron chi connectivity index (χ3n) is 6.16. The average Bonchev–Trinajstić information content (AvgIpc) is 3.02. The van der Waals surface area contributed by atoms with Gasteiger partial charge in [-0.05, 0) is 91.3 Å². The van der Waals surface area contributed by atoms with Gasteiger partial charge in [0.05, 0.1) is 7.11 Å². The van der Waals surface area contributed by atoms with E-state index < -0.39 is 0 Å². The largest absolute Gasteiger partial charge is 0.493 e. The maximum absolute atomic E-state index is 11.6. The molecule has 0 atom stereocenters. The van der Waals surface area contributed by atoms with Gasteiger partial charge in [0.1, 0.15) is 6.61 Å². The number of halogens is 1. The lowest BCUT2D eigenvalue weighted by Crippen LogP contribution is -2.04. The Bertz CT molecular complexity index is 1250. The highest BCUT2D eigenvalue weighted by atomic mass is 127. The molecule has 0 aliphatic rings. The molecule has 0 aromatic heterocycles. The van der Waals surface area contributed by atoms with Gasteiger partial charge in [-0.1, -0.05) is 91.1 Å². The smallest absolute Gasteiger partial charge is 0.161 e. The van der Waals surface area contributed by atoms with Gasteiger partial charge < -0.3 is 14.6 Å². The molecular formula is C35H47IO4S. The minimum absolute atomic E-state index is 0.0440. The predicted octanol–water partition coefficient (Wildman–Crippen LogP) is 9.79. The zero-order valence-corrected chi connectivity index (χ0v) is 29.1. The number of allylic oxidation sites excluding steroid dienone is 3. The number of carbonyl (C=O) groups excluding carboxylic acids is 1. The van der Waals surface area contributed by atoms with Crippen molar-refractivity contribution in [2.75, 3.05) is 25.4 Å². The van der Waals surface area contributed by atoms with Crippen molar-refractivity contribution in [3.05, 3.63) is 107 Å². The van der Waals surface area contributed by atoms with Crippen LogP contribution >= 0.6 is 34.4 Å². The van der Waals surface area contributed by atoms with Crippen LogP contribution in [0, 0.1) is 6.92 Å². The third kappa shape index (κ3) is 13.3. The number of aryl methyl sites for hydroxylation is 2. The number of Topliss-reactive ketones (excluding diaryl/α,β-unsaturated/α-hetero) is 1. The van der Waals surface area contributed by atoms with Crippen LogP contribution in [0.2, 0.25) is 0 Å². The van der Waals surface area contributed by atoms with Crippen LogP contribution in [0.5, 0.6) is 11.5 Å². The molecule has 0 aliphatic heterocycles. The number of rotatable bonds is 10. The lowest BCUT2D eigenvalue weighted by molar-refractivity contribution is 0.101. The number of hydrogen-bond acceptors (Lipinski definition) is 5. The molecule has 3 aromatic rings. The van der Waals surface area contributed by atoms with E-state index in [4.69, 9.17) is 14.6 Å². The number of aliphatic hydroxyl groups is 1. The Morgan fingerprint density at radius 1 is 0.976 bits per heavy atom. The lowest BCUT2D eigenvalue weighted by atomic mass is 10.00. The number of ether oxygens (including phenoxy) is 2. The van der Waals surface area contributed by atoms with Crippen LogP contribution in [0.15, 0.2) is 83.8 Å². The monoisotopic (exact) mass is 690 g/mol. The number of carbonyl (C=O) groups is 1. The maximum Gasteiger partial charge on any atom is 0.161 e. The Balaban J connectivity index is 0.000000717. The molecule has 0 heterocycles. The van der Waals surface area contributed by atoms with Crippen molar-refractivity contribution >= 4 is 45.7 Å². The average molecular weight is 691 g/mol. The van der Waals surface area contributed by atoms with E-state index >= 15 is 0 Å². The molecule has 0 radical (unpaired) electrons. The number of alkyl halides is 1. The molecule has 0 aliphatic carbocycles. The van der Waals surface area contributed by atoms with Gasteiger partial charge in [-0.3, -0.25) is 4.79 Å². The first-order valence-electron chi connectivity index (χ1n) is 13.5. The first-order valence-corrected chi connectivity index (χ1v) is 16.8. The van der Waals surface area contributed by atoms with Crippen LogP contribution in [-0.4, -0.2) is 36.3 Å². The molecule has 3 aromatic carbocycles. The summed E-state index contributed by atoms with van der Waals surface area (Å²) < 4.78 is 11.2. The van der Waals surface area contributed by atoms with Gasteiger partial charge >= 0.3 is 0 Å². The molecule has 3 rings (SSSR count). The summed E-state index contributed by atoms with van der Waals surface area (Å²) >= 11 is 3.93. The quantitative estimate of drug-likeness (QED) is 0.0755. The molecule has 0 unspecified atom stereocenters. The Hall–Kier alpha value is -2.55. The minimum atomic E-state index is 0.0440. The van der Waals surface area contributed by atoms with Crippen molar-refractivity contribution in [1.29, 1.82) is 0 Å². The maximum atomic E-state index is 11.6. The molecule has 6 heteroatoms. The van der Waals surface area contributed by atoms with Gasteiger partial charge in [-0.2, -0.15) is 0 Å². The summed E-state index contributed by atoms with van der Waals surface area (Å²) in [7, 11) is 2.63.